The van der Waals surface area contributed by atoms with E-state index in [2.05, 4.69) is 15.2 Å². The highest BCUT2D eigenvalue weighted by molar-refractivity contribution is 5.92. The number of azo groups is 1. The van der Waals surface area contributed by atoms with E-state index in [0.29, 0.717) is 30.3 Å². The maximum atomic E-state index is 11.4. The van der Waals surface area contributed by atoms with Crippen molar-refractivity contribution in [3.8, 4) is 0 Å². The van der Waals surface area contributed by atoms with Crippen LogP contribution in [0.25, 0.3) is 0 Å². The molecule has 3 aliphatic rings. The Hall–Kier alpha value is -2.96. The summed E-state index contributed by atoms with van der Waals surface area (Å²) < 4.78 is 5.74. The molecule has 0 saturated carbocycles. The zero-order chi connectivity index (χ0) is 15.1. The number of ether oxygens (including phenoxy) is 1. The van der Waals surface area contributed by atoms with Gasteiger partial charge in [-0.2, -0.15) is 0 Å². The van der Waals surface area contributed by atoms with Crippen LogP contribution in [0.2, 0.25) is 0 Å². The summed E-state index contributed by atoms with van der Waals surface area (Å²) >= 11 is 0. The summed E-state index contributed by atoms with van der Waals surface area (Å²) in [5.41, 5.74) is 2.13. The van der Waals surface area contributed by atoms with Crippen molar-refractivity contribution in [3.63, 3.8) is 0 Å². The Balaban J connectivity index is 1.67. The van der Waals surface area contributed by atoms with Crippen molar-refractivity contribution in [2.24, 2.45) is 15.2 Å². The number of carboxylic acid groups (broad SMARTS) is 1. The fourth-order valence-electron chi connectivity index (χ4n) is 2.73. The maximum Gasteiger partial charge on any atom is 0.354 e. The van der Waals surface area contributed by atoms with Crippen LogP contribution in [0.3, 0.4) is 0 Å². The molecule has 1 atom stereocenters. The number of benzene rings is 1. The first kappa shape index (κ1) is 12.8. The largest absolute Gasteiger partial charge is 0.477 e. The molecule has 0 amide bonds. The lowest BCUT2D eigenvalue weighted by molar-refractivity contribution is -0.134. The Bertz CT molecular complexity index is 764. The third-order valence-electron chi connectivity index (χ3n) is 3.75. The van der Waals surface area contributed by atoms with E-state index >= 15 is 0 Å². The molecule has 1 aromatic carbocycles. The standard InChI is InChI=1S/C15H12N4O3/c20-15(21)13-12-11(10-6-19(13)8-16-10)14(18-17-12)22-7-9-4-2-1-3-5-9/h1-5,8,10H,6-7H2,(H,20,21). The van der Waals surface area contributed by atoms with Crippen LogP contribution in [0.5, 0.6) is 0 Å². The van der Waals surface area contributed by atoms with Gasteiger partial charge < -0.3 is 14.7 Å². The van der Waals surface area contributed by atoms with Crippen LogP contribution in [0.1, 0.15) is 5.56 Å². The molecule has 0 aromatic heterocycles. The van der Waals surface area contributed by atoms with Crippen molar-refractivity contribution in [2.45, 2.75) is 12.6 Å². The van der Waals surface area contributed by atoms with Gasteiger partial charge in [-0.25, -0.2) is 4.79 Å². The number of aliphatic carboxylic acids is 1. The number of hydrogen-bond donors (Lipinski definition) is 1. The minimum absolute atomic E-state index is 0.106. The number of carbonyl (C=O) groups is 1. The van der Waals surface area contributed by atoms with Crippen LogP contribution in [-0.2, 0) is 16.1 Å². The zero-order valence-corrected chi connectivity index (χ0v) is 11.5. The summed E-state index contributed by atoms with van der Waals surface area (Å²) in [6.07, 6.45) is 1.54. The van der Waals surface area contributed by atoms with E-state index in [9.17, 15) is 9.90 Å². The number of hydrogen-bond acceptors (Lipinski definition) is 6. The molecule has 0 radical (unpaired) electrons. The fourth-order valence-corrected chi connectivity index (χ4v) is 2.73. The normalized spacial score (nSPS) is 21.6. The number of nitrogens with zero attached hydrogens (tertiary/aromatic N) is 4. The predicted octanol–water partition coefficient (Wildman–Crippen LogP) is 1.90. The molecule has 0 aliphatic carbocycles. The van der Waals surface area contributed by atoms with Crippen molar-refractivity contribution in [1.29, 1.82) is 0 Å². The van der Waals surface area contributed by atoms with Gasteiger partial charge in [0.1, 0.15) is 18.3 Å². The molecule has 0 saturated heterocycles. The first-order chi connectivity index (χ1) is 10.7. The lowest BCUT2D eigenvalue weighted by Crippen LogP contribution is -2.34. The van der Waals surface area contributed by atoms with Gasteiger partial charge in [0.05, 0.1) is 18.5 Å². The first-order valence-corrected chi connectivity index (χ1v) is 6.84. The van der Waals surface area contributed by atoms with Crippen molar-refractivity contribution in [3.05, 3.63) is 58.7 Å². The van der Waals surface area contributed by atoms with Crippen molar-refractivity contribution >= 4 is 12.3 Å². The average Bonchev–Trinajstić information content (AvgIpc) is 3.12. The SMILES string of the molecule is O=C(O)C1=C2N=NC(OCc3ccccc3)=C2C2CN1C=N2. The quantitative estimate of drug-likeness (QED) is 0.919. The Labute approximate surface area is 125 Å². The van der Waals surface area contributed by atoms with Gasteiger partial charge in [0.15, 0.2) is 5.70 Å². The highest BCUT2D eigenvalue weighted by Gasteiger charge is 2.42. The predicted molar refractivity (Wildman–Crippen MR) is 76.8 cm³/mol. The number of aliphatic imine (C=N–C) groups is 1. The molecule has 1 aromatic rings. The smallest absolute Gasteiger partial charge is 0.354 e. The van der Waals surface area contributed by atoms with Gasteiger partial charge in [0, 0.05) is 0 Å². The summed E-state index contributed by atoms with van der Waals surface area (Å²) in [6, 6.07) is 9.53. The molecule has 3 aliphatic heterocycles. The lowest BCUT2D eigenvalue weighted by atomic mass is 10.00. The maximum absolute atomic E-state index is 11.4. The summed E-state index contributed by atoms with van der Waals surface area (Å²) in [4.78, 5) is 17.3. The Morgan fingerprint density at radius 2 is 2.14 bits per heavy atom. The topological polar surface area (TPSA) is 86.8 Å². The summed E-state index contributed by atoms with van der Waals surface area (Å²) in [5.74, 6) is -0.677. The molecular formula is C15H12N4O3. The summed E-state index contributed by atoms with van der Waals surface area (Å²) in [7, 11) is 0. The first-order valence-electron chi connectivity index (χ1n) is 6.84. The number of rotatable bonds is 4. The molecule has 22 heavy (non-hydrogen) atoms. The highest BCUT2D eigenvalue weighted by Crippen LogP contribution is 2.39. The van der Waals surface area contributed by atoms with Crippen LogP contribution in [-0.4, -0.2) is 34.9 Å². The van der Waals surface area contributed by atoms with Crippen molar-refractivity contribution in [1.82, 2.24) is 4.90 Å². The van der Waals surface area contributed by atoms with E-state index in [1.165, 1.54) is 6.34 Å². The second kappa shape index (κ2) is 4.80. The molecule has 7 nitrogen and oxygen atoms in total. The molecule has 1 unspecified atom stereocenters. The van der Waals surface area contributed by atoms with Gasteiger partial charge in [-0.1, -0.05) is 30.3 Å². The second-order valence-electron chi connectivity index (χ2n) is 5.13. The van der Waals surface area contributed by atoms with Crippen molar-refractivity contribution in [2.75, 3.05) is 6.54 Å². The fraction of sp³-hybridized carbons (Fsp3) is 0.200. The molecule has 4 rings (SSSR count). The molecule has 110 valence electrons. The summed E-state index contributed by atoms with van der Waals surface area (Å²) in [5, 5.41) is 17.4. The van der Waals surface area contributed by atoms with Gasteiger partial charge in [-0.3, -0.25) is 4.99 Å². The second-order valence-corrected chi connectivity index (χ2v) is 5.13. The monoisotopic (exact) mass is 296 g/mol. The Morgan fingerprint density at radius 1 is 1.32 bits per heavy atom. The van der Waals surface area contributed by atoms with Crippen LogP contribution < -0.4 is 0 Å². The average molecular weight is 296 g/mol. The summed E-state index contributed by atoms with van der Waals surface area (Å²) in [6.45, 7) is 0.845. The van der Waals surface area contributed by atoms with Gasteiger partial charge in [-0.05, 0) is 5.56 Å². The molecule has 1 N–H and O–H groups in total. The molecule has 7 heteroatoms. The van der Waals surface area contributed by atoms with E-state index in [4.69, 9.17) is 4.74 Å². The van der Waals surface area contributed by atoms with Crippen LogP contribution in [0.15, 0.2) is 68.4 Å². The minimum atomic E-state index is -1.04. The van der Waals surface area contributed by atoms with E-state index in [1.807, 2.05) is 30.3 Å². The number of carboxylic acids is 1. The van der Waals surface area contributed by atoms with Gasteiger partial charge in [0.25, 0.3) is 0 Å². The molecule has 0 spiro atoms. The molecule has 0 fully saturated rings. The third-order valence-corrected chi connectivity index (χ3v) is 3.75. The third kappa shape index (κ3) is 1.90. The van der Waals surface area contributed by atoms with Crippen LogP contribution in [0, 0.1) is 0 Å². The van der Waals surface area contributed by atoms with Crippen molar-refractivity contribution < 1.29 is 14.6 Å². The van der Waals surface area contributed by atoms with Crippen LogP contribution in [0.4, 0.5) is 0 Å². The Kier molecular flexibility index (Phi) is 2.78. The number of fused-ring (bicyclic) bond motifs is 4. The molecule has 3 heterocycles. The van der Waals surface area contributed by atoms with Gasteiger partial charge in [0.2, 0.25) is 5.88 Å². The minimum Gasteiger partial charge on any atom is -0.477 e. The van der Waals surface area contributed by atoms with E-state index in [1.54, 1.807) is 4.90 Å². The lowest BCUT2D eigenvalue weighted by Gasteiger charge is -2.24. The Morgan fingerprint density at radius 3 is 2.91 bits per heavy atom. The van der Waals surface area contributed by atoms with E-state index in [0.717, 1.165) is 5.56 Å². The molecular weight excluding hydrogens is 284 g/mol. The highest BCUT2D eigenvalue weighted by atomic mass is 16.5. The van der Waals surface area contributed by atoms with E-state index in [-0.39, 0.29) is 11.7 Å². The molecule has 2 bridgehead atoms. The van der Waals surface area contributed by atoms with Crippen LogP contribution >= 0.6 is 0 Å². The van der Waals surface area contributed by atoms with E-state index < -0.39 is 5.97 Å². The van der Waals surface area contributed by atoms with Gasteiger partial charge in [-0.15, -0.1) is 10.2 Å². The van der Waals surface area contributed by atoms with Gasteiger partial charge >= 0.3 is 5.97 Å². The zero-order valence-electron chi connectivity index (χ0n) is 11.5.